The molecule has 0 atom stereocenters. The maximum absolute atomic E-state index is 13.0. The van der Waals surface area contributed by atoms with Crippen LogP contribution in [0.5, 0.6) is 0 Å². The van der Waals surface area contributed by atoms with Crippen molar-refractivity contribution in [3.63, 3.8) is 0 Å². The number of nitrogens with zero attached hydrogens (tertiary/aromatic N) is 1. The number of esters is 1. The average molecular weight is 445 g/mol. The predicted octanol–water partition coefficient (Wildman–Crippen LogP) is 3.79. The highest BCUT2D eigenvalue weighted by Crippen LogP contribution is 2.17. The van der Waals surface area contributed by atoms with Gasteiger partial charge in [-0.2, -0.15) is 0 Å². The Morgan fingerprint density at radius 3 is 2.24 bits per heavy atom. The van der Waals surface area contributed by atoms with E-state index in [-0.39, 0.29) is 11.4 Å². The lowest BCUT2D eigenvalue weighted by atomic mass is 10.1. The first-order valence-corrected chi connectivity index (χ1v) is 9.69. The number of non-ortho nitro benzene ring substituents is 1. The number of rotatable bonds is 7. The Bertz CT molecular complexity index is 1220. The van der Waals surface area contributed by atoms with Gasteiger partial charge in [-0.05, 0) is 48.0 Å². The molecular formula is C24H19N3O6. The fraction of sp³-hybridized carbons (Fsp3) is 0.0417. The highest BCUT2D eigenvalue weighted by atomic mass is 16.6. The van der Waals surface area contributed by atoms with Crippen molar-refractivity contribution in [1.82, 2.24) is 5.32 Å². The van der Waals surface area contributed by atoms with Crippen molar-refractivity contribution < 1.29 is 24.0 Å². The second-order valence-electron chi connectivity index (χ2n) is 6.75. The largest absolute Gasteiger partial charge is 0.465 e. The molecular weight excluding hydrogens is 426 g/mol. The number of nitro benzene ring substituents is 1. The molecule has 0 bridgehead atoms. The highest BCUT2D eigenvalue weighted by molar-refractivity contribution is 6.10. The topological polar surface area (TPSA) is 128 Å². The number of ether oxygens (including phenoxy) is 1. The zero-order valence-corrected chi connectivity index (χ0v) is 17.5. The standard InChI is InChI=1S/C24H19N3O6/c1-33-24(30)18-10-12-19(13-11-18)25-23(29)21(26-22(28)17-7-3-2-4-8-17)15-16-6-5-9-20(14-16)27(31)32/h2-15H,1H3,(H,25,29)(H,26,28)/b21-15-. The smallest absolute Gasteiger partial charge is 0.337 e. The van der Waals surface area contributed by atoms with Gasteiger partial charge in [-0.1, -0.05) is 30.3 Å². The SMILES string of the molecule is COC(=O)c1ccc(NC(=O)/C(=C/c2cccc([N+](=O)[O-])c2)NC(=O)c2ccccc2)cc1. The molecule has 9 heteroatoms. The van der Waals surface area contributed by atoms with E-state index in [0.717, 1.165) is 0 Å². The van der Waals surface area contributed by atoms with E-state index in [1.165, 1.54) is 55.7 Å². The van der Waals surface area contributed by atoms with Crippen LogP contribution in [0.25, 0.3) is 6.08 Å². The number of hydrogen-bond acceptors (Lipinski definition) is 6. The Morgan fingerprint density at radius 1 is 0.909 bits per heavy atom. The highest BCUT2D eigenvalue weighted by Gasteiger charge is 2.16. The van der Waals surface area contributed by atoms with Gasteiger partial charge in [0.2, 0.25) is 0 Å². The van der Waals surface area contributed by atoms with E-state index in [0.29, 0.717) is 22.4 Å². The van der Waals surface area contributed by atoms with E-state index < -0.39 is 22.7 Å². The van der Waals surface area contributed by atoms with Crippen molar-refractivity contribution in [2.45, 2.75) is 0 Å². The summed E-state index contributed by atoms with van der Waals surface area (Å²) in [4.78, 5) is 47.7. The number of nitro groups is 1. The Hall–Kier alpha value is -4.79. The van der Waals surface area contributed by atoms with Crippen LogP contribution in [0.15, 0.2) is 84.6 Å². The maximum atomic E-state index is 13.0. The fourth-order valence-corrected chi connectivity index (χ4v) is 2.84. The Labute approximate surface area is 188 Å². The molecule has 0 heterocycles. The minimum absolute atomic E-state index is 0.124. The van der Waals surface area contributed by atoms with Crippen molar-refractivity contribution in [2.75, 3.05) is 12.4 Å². The Kier molecular flexibility index (Phi) is 7.28. The third-order valence-electron chi connectivity index (χ3n) is 4.48. The molecule has 0 aromatic heterocycles. The molecule has 0 aliphatic rings. The lowest BCUT2D eigenvalue weighted by Gasteiger charge is -2.12. The van der Waals surface area contributed by atoms with E-state index in [1.54, 1.807) is 36.4 Å². The monoisotopic (exact) mass is 445 g/mol. The van der Waals surface area contributed by atoms with Crippen LogP contribution in [-0.4, -0.2) is 29.8 Å². The third kappa shape index (κ3) is 6.11. The first-order chi connectivity index (χ1) is 15.9. The van der Waals surface area contributed by atoms with Crippen molar-refractivity contribution in [3.8, 4) is 0 Å². The lowest BCUT2D eigenvalue weighted by Crippen LogP contribution is -2.30. The van der Waals surface area contributed by atoms with Gasteiger partial charge in [0, 0.05) is 23.4 Å². The van der Waals surface area contributed by atoms with Gasteiger partial charge < -0.3 is 15.4 Å². The van der Waals surface area contributed by atoms with Gasteiger partial charge in [0.05, 0.1) is 17.6 Å². The number of carbonyl (C=O) groups is 3. The number of anilines is 1. The van der Waals surface area contributed by atoms with Crippen molar-refractivity contribution in [1.29, 1.82) is 0 Å². The van der Waals surface area contributed by atoms with Crippen LogP contribution >= 0.6 is 0 Å². The molecule has 0 saturated carbocycles. The molecule has 9 nitrogen and oxygen atoms in total. The normalized spacial score (nSPS) is 10.8. The number of methoxy groups -OCH3 is 1. The number of hydrogen-bond donors (Lipinski definition) is 2. The molecule has 0 saturated heterocycles. The first-order valence-electron chi connectivity index (χ1n) is 9.69. The lowest BCUT2D eigenvalue weighted by molar-refractivity contribution is -0.384. The van der Waals surface area contributed by atoms with Crippen LogP contribution in [-0.2, 0) is 9.53 Å². The second kappa shape index (κ2) is 10.5. The number of carbonyl (C=O) groups excluding carboxylic acids is 3. The molecule has 0 aliphatic heterocycles. The van der Waals surface area contributed by atoms with Crippen LogP contribution in [0.2, 0.25) is 0 Å². The van der Waals surface area contributed by atoms with E-state index in [9.17, 15) is 24.5 Å². The fourth-order valence-electron chi connectivity index (χ4n) is 2.84. The summed E-state index contributed by atoms with van der Waals surface area (Å²) in [6.07, 6.45) is 1.34. The van der Waals surface area contributed by atoms with Crippen molar-refractivity contribution in [2.24, 2.45) is 0 Å². The van der Waals surface area contributed by atoms with Gasteiger partial charge in [-0.25, -0.2) is 4.79 Å². The minimum atomic E-state index is -0.656. The first kappa shape index (κ1) is 22.9. The summed E-state index contributed by atoms with van der Waals surface area (Å²) >= 11 is 0. The van der Waals surface area contributed by atoms with Crippen molar-refractivity contribution >= 4 is 35.2 Å². The maximum Gasteiger partial charge on any atom is 0.337 e. The molecule has 166 valence electrons. The van der Waals surface area contributed by atoms with Crippen LogP contribution in [0.3, 0.4) is 0 Å². The summed E-state index contributed by atoms with van der Waals surface area (Å²) in [5, 5.41) is 16.3. The predicted molar refractivity (Wildman–Crippen MR) is 121 cm³/mol. The number of benzene rings is 3. The molecule has 2 amide bonds. The van der Waals surface area contributed by atoms with E-state index in [1.807, 2.05) is 0 Å². The molecule has 0 spiro atoms. The zero-order valence-electron chi connectivity index (χ0n) is 17.5. The summed E-state index contributed by atoms with van der Waals surface area (Å²) in [6, 6.07) is 19.9. The molecule has 0 unspecified atom stereocenters. The van der Waals surface area contributed by atoms with Gasteiger partial charge in [0.15, 0.2) is 0 Å². The minimum Gasteiger partial charge on any atom is -0.465 e. The summed E-state index contributed by atoms with van der Waals surface area (Å²) in [5.41, 5.74) is 1.07. The molecule has 3 aromatic carbocycles. The van der Waals surface area contributed by atoms with Gasteiger partial charge in [-0.3, -0.25) is 19.7 Å². The number of nitrogens with one attached hydrogen (secondary N) is 2. The summed E-state index contributed by atoms with van der Waals surface area (Å²) in [5.74, 6) is -1.70. The Balaban J connectivity index is 1.89. The molecule has 3 aromatic rings. The van der Waals surface area contributed by atoms with E-state index >= 15 is 0 Å². The summed E-state index contributed by atoms with van der Waals surface area (Å²) in [7, 11) is 1.26. The molecule has 0 fully saturated rings. The molecule has 2 N–H and O–H groups in total. The van der Waals surface area contributed by atoms with Crippen LogP contribution in [0.4, 0.5) is 11.4 Å². The van der Waals surface area contributed by atoms with E-state index in [4.69, 9.17) is 0 Å². The second-order valence-corrected chi connectivity index (χ2v) is 6.75. The zero-order chi connectivity index (χ0) is 23.8. The quantitative estimate of drug-likeness (QED) is 0.246. The van der Waals surface area contributed by atoms with E-state index in [2.05, 4.69) is 15.4 Å². The molecule has 3 rings (SSSR count). The summed E-state index contributed by atoms with van der Waals surface area (Å²) in [6.45, 7) is 0. The number of amides is 2. The van der Waals surface area contributed by atoms with Crippen LogP contribution in [0, 0.1) is 10.1 Å². The molecule has 0 aliphatic carbocycles. The van der Waals surface area contributed by atoms with Gasteiger partial charge >= 0.3 is 5.97 Å². The summed E-state index contributed by atoms with van der Waals surface area (Å²) < 4.78 is 4.64. The van der Waals surface area contributed by atoms with Crippen molar-refractivity contribution in [3.05, 3.63) is 111 Å². The Morgan fingerprint density at radius 2 is 1.61 bits per heavy atom. The molecule has 33 heavy (non-hydrogen) atoms. The van der Waals surface area contributed by atoms with Gasteiger partial charge in [0.1, 0.15) is 5.70 Å². The third-order valence-corrected chi connectivity index (χ3v) is 4.48. The van der Waals surface area contributed by atoms with Crippen LogP contribution in [0.1, 0.15) is 26.3 Å². The van der Waals surface area contributed by atoms with Crippen LogP contribution < -0.4 is 10.6 Å². The van der Waals surface area contributed by atoms with Gasteiger partial charge in [-0.15, -0.1) is 0 Å². The molecule has 0 radical (unpaired) electrons. The van der Waals surface area contributed by atoms with Gasteiger partial charge in [0.25, 0.3) is 17.5 Å². The average Bonchev–Trinajstić information content (AvgIpc) is 2.84.